The number of phosphoric acid groups is 2. The molecule has 46 heavy (non-hydrogen) atoms. The van der Waals surface area contributed by atoms with Crippen molar-refractivity contribution >= 4 is 49.6 Å². The summed E-state index contributed by atoms with van der Waals surface area (Å²) in [5, 5.41) is 10.7. The van der Waals surface area contributed by atoms with Crippen LogP contribution in [0.2, 0.25) is 0 Å². The minimum Gasteiger partial charge on any atom is -0.390 e. The van der Waals surface area contributed by atoms with Crippen LogP contribution in [0.5, 0.6) is 0 Å². The maximum atomic E-state index is 13.1. The second kappa shape index (κ2) is 11.5. The highest BCUT2D eigenvalue weighted by molar-refractivity contribution is 7.47. The van der Waals surface area contributed by atoms with Crippen LogP contribution >= 0.6 is 15.6 Å². The number of phosphoric ester groups is 2. The van der Waals surface area contributed by atoms with Gasteiger partial charge in [0.2, 0.25) is 5.78 Å². The second-order valence-electron chi connectivity index (χ2n) is 10.5. The first-order chi connectivity index (χ1) is 21.9. The molecule has 0 saturated carbocycles. The molecule has 246 valence electrons. The molecule has 7 N–H and O–H groups in total. The molecule has 0 amide bonds. The van der Waals surface area contributed by atoms with Crippen LogP contribution in [0, 0.1) is 0 Å². The fourth-order valence-electron chi connectivity index (χ4n) is 5.48. The molecular weight excluding hydrogens is 658 g/mol. The van der Waals surface area contributed by atoms with Crippen molar-refractivity contribution in [1.82, 2.24) is 43.4 Å². The number of aliphatic hydroxyl groups excluding tert-OH is 1. The van der Waals surface area contributed by atoms with Crippen LogP contribution in [0.25, 0.3) is 28.1 Å². The highest BCUT2D eigenvalue weighted by atomic mass is 31.2. The van der Waals surface area contributed by atoms with Crippen molar-refractivity contribution in [3.8, 4) is 0 Å². The molecule has 5 aromatic rings. The van der Waals surface area contributed by atoms with Crippen LogP contribution in [0.3, 0.4) is 0 Å². The summed E-state index contributed by atoms with van der Waals surface area (Å²) in [6.07, 6.45) is 0.487. The maximum absolute atomic E-state index is 13.1. The third-order valence-corrected chi connectivity index (χ3v) is 9.04. The zero-order chi connectivity index (χ0) is 32.4. The molecule has 2 saturated heterocycles. The summed E-state index contributed by atoms with van der Waals surface area (Å²) in [5.74, 6) is 0.380. The van der Waals surface area contributed by atoms with Gasteiger partial charge in [0.25, 0.3) is 5.56 Å². The number of aromatic nitrogens is 9. The van der Waals surface area contributed by atoms with Gasteiger partial charge in [0.1, 0.15) is 42.6 Å². The number of aromatic amines is 1. The monoisotopic (exact) mass is 684 g/mol. The number of fused-ring (bicyclic) bond motifs is 4. The average molecular weight is 684 g/mol. The number of rotatable bonds is 10. The normalized spacial score (nSPS) is 26.9. The number of nitrogens with one attached hydrogen (secondary N) is 1. The molecule has 5 aromatic heterocycles. The molecule has 7 rings (SSSR count). The van der Waals surface area contributed by atoms with Gasteiger partial charge in [0, 0.05) is 25.2 Å². The molecule has 1 unspecified atom stereocenters. The first-order valence-electron chi connectivity index (χ1n) is 13.6. The van der Waals surface area contributed by atoms with Crippen molar-refractivity contribution < 1.29 is 52.0 Å². The first-order valence-corrected chi connectivity index (χ1v) is 16.6. The Hall–Kier alpha value is -3.66. The zero-order valence-electron chi connectivity index (χ0n) is 23.3. The minimum absolute atomic E-state index is 0.0337. The topological polar surface area (TPSA) is 299 Å². The Morgan fingerprint density at radius 1 is 0.957 bits per heavy atom. The van der Waals surface area contributed by atoms with Gasteiger partial charge in [-0.3, -0.25) is 36.9 Å². The Bertz CT molecular complexity index is 2070. The van der Waals surface area contributed by atoms with E-state index in [1.54, 1.807) is 10.6 Å². The largest absolute Gasteiger partial charge is 0.472 e. The predicted octanol–water partition coefficient (Wildman–Crippen LogP) is -0.658. The van der Waals surface area contributed by atoms with E-state index in [2.05, 4.69) is 34.4 Å². The number of nitrogens with zero attached hydrogens (tertiary/aromatic N) is 8. The molecule has 0 spiro atoms. The number of hydrogen-bond acceptors (Lipinski definition) is 15. The van der Waals surface area contributed by atoms with Gasteiger partial charge in [-0.05, 0) is 0 Å². The molecule has 2 fully saturated rings. The number of ether oxygens (including phenoxy) is 2. The van der Waals surface area contributed by atoms with E-state index < -0.39 is 71.3 Å². The number of imidazole rings is 3. The smallest absolute Gasteiger partial charge is 0.390 e. The molecule has 2 aliphatic heterocycles. The highest BCUT2D eigenvalue weighted by Gasteiger charge is 2.44. The summed E-state index contributed by atoms with van der Waals surface area (Å²) in [7, 11) is -9.84. The Morgan fingerprint density at radius 2 is 1.67 bits per heavy atom. The number of H-pyrrole nitrogens is 1. The van der Waals surface area contributed by atoms with Gasteiger partial charge < -0.3 is 35.0 Å². The second-order valence-corrected chi connectivity index (χ2v) is 13.1. The number of anilines is 1. The summed E-state index contributed by atoms with van der Waals surface area (Å²) in [6.45, 7) is -1.28. The highest BCUT2D eigenvalue weighted by Crippen LogP contribution is 2.50. The Kier molecular flexibility index (Phi) is 7.77. The van der Waals surface area contributed by atoms with Crippen LogP contribution in [-0.2, 0) is 32.2 Å². The summed E-state index contributed by atoms with van der Waals surface area (Å²) < 4.78 is 56.0. The van der Waals surface area contributed by atoms with Gasteiger partial charge in [-0.2, -0.15) is 0 Å². The Labute approximate surface area is 255 Å². The van der Waals surface area contributed by atoms with Crippen molar-refractivity contribution in [1.29, 1.82) is 0 Å². The van der Waals surface area contributed by atoms with Crippen LogP contribution in [0.4, 0.5) is 5.82 Å². The van der Waals surface area contributed by atoms with E-state index in [1.807, 2.05) is 0 Å². The molecule has 0 aromatic carbocycles. The molecule has 0 aliphatic carbocycles. The van der Waals surface area contributed by atoms with Crippen molar-refractivity contribution in [3.05, 3.63) is 41.7 Å². The van der Waals surface area contributed by atoms with Gasteiger partial charge in [0.05, 0.1) is 32.0 Å². The standard InChI is InChI=1S/C22H26N10O12P2/c23-18-16-19(26-7-25-18)31(8-27-16)15-4-11(13(43-15)6-40-45(35,36)37)44-46(38,39)41-5-12-10(33)3-14(42-12)32-9-28-17-20(34)29-22-24-1-2-30(22)21(17)32/h1-2,7-15,33H,3-6H2,(H,38,39)(H2,23,25,26)(H,24,29,34)(H2,35,36,37)/t10-,11-,12+,13+,14+,15+/m0/s1. The zero-order valence-corrected chi connectivity index (χ0v) is 25.1. The lowest BCUT2D eigenvalue weighted by Gasteiger charge is -2.22. The molecule has 7 heterocycles. The summed E-state index contributed by atoms with van der Waals surface area (Å²) in [5.41, 5.74) is 6.41. The van der Waals surface area contributed by atoms with Crippen molar-refractivity contribution in [2.75, 3.05) is 18.9 Å². The molecule has 22 nitrogen and oxygen atoms in total. The van der Waals surface area contributed by atoms with Crippen LogP contribution < -0.4 is 11.3 Å². The third kappa shape index (κ3) is 5.85. The predicted molar refractivity (Wildman–Crippen MR) is 151 cm³/mol. The number of aliphatic hydroxyl groups is 1. The molecule has 24 heteroatoms. The molecule has 0 radical (unpaired) electrons. The van der Waals surface area contributed by atoms with E-state index >= 15 is 0 Å². The lowest BCUT2D eigenvalue weighted by atomic mass is 10.2. The van der Waals surface area contributed by atoms with Gasteiger partial charge >= 0.3 is 15.6 Å². The molecule has 7 atom stereocenters. The lowest BCUT2D eigenvalue weighted by molar-refractivity contribution is -0.0549. The van der Waals surface area contributed by atoms with Gasteiger partial charge in [0.15, 0.2) is 22.6 Å². The van der Waals surface area contributed by atoms with Gasteiger partial charge in [-0.15, -0.1) is 0 Å². The summed E-state index contributed by atoms with van der Waals surface area (Å²) >= 11 is 0. The Balaban J connectivity index is 1.05. The quantitative estimate of drug-likeness (QED) is 0.0995. The van der Waals surface area contributed by atoms with E-state index in [0.29, 0.717) is 5.65 Å². The van der Waals surface area contributed by atoms with Crippen LogP contribution in [0.15, 0.2) is 36.2 Å². The van der Waals surface area contributed by atoms with Crippen LogP contribution in [-0.4, -0.2) is 101 Å². The molecule has 2 aliphatic rings. The van der Waals surface area contributed by atoms with E-state index in [1.165, 1.54) is 34.3 Å². The van der Waals surface area contributed by atoms with Crippen molar-refractivity contribution in [3.63, 3.8) is 0 Å². The van der Waals surface area contributed by atoms with E-state index in [0.717, 1.165) is 0 Å². The van der Waals surface area contributed by atoms with Gasteiger partial charge in [-0.1, -0.05) is 0 Å². The summed E-state index contributed by atoms with van der Waals surface area (Å²) in [4.78, 5) is 64.5. The maximum Gasteiger partial charge on any atom is 0.472 e. The van der Waals surface area contributed by atoms with Gasteiger partial charge in [-0.25, -0.2) is 34.0 Å². The van der Waals surface area contributed by atoms with E-state index in [9.17, 15) is 33.7 Å². The average Bonchev–Trinajstić information content (AvgIpc) is 3.80. The van der Waals surface area contributed by atoms with Crippen molar-refractivity contribution in [2.45, 2.75) is 49.7 Å². The van der Waals surface area contributed by atoms with E-state index in [4.69, 9.17) is 24.3 Å². The fraction of sp³-hybridized carbons (Fsp3) is 0.455. The molecule has 0 bridgehead atoms. The third-order valence-electron chi connectivity index (χ3n) is 7.55. The number of hydrogen-bond donors (Lipinski definition) is 6. The summed E-state index contributed by atoms with van der Waals surface area (Å²) in [6, 6.07) is 0. The lowest BCUT2D eigenvalue weighted by Crippen LogP contribution is -2.29. The van der Waals surface area contributed by atoms with E-state index in [-0.39, 0.29) is 41.1 Å². The molecular formula is C22H26N10O12P2. The Morgan fingerprint density at radius 3 is 2.48 bits per heavy atom. The van der Waals surface area contributed by atoms with Crippen LogP contribution in [0.1, 0.15) is 25.3 Å². The number of nitrogen functional groups attached to an aromatic ring is 1. The minimum atomic E-state index is -4.94. The first kappa shape index (κ1) is 31.0. The SMILES string of the molecule is Nc1ncnc2c1ncn2[C@H]1C[C@H](OP(=O)(O)OC[C@H]2O[C@@H](n3cnc4c(=O)[nH]c5nccn5c43)C[C@@H]2O)[C@@H](COP(=O)(O)O)O1. The van der Waals surface area contributed by atoms with Crippen molar-refractivity contribution in [2.24, 2.45) is 0 Å². The number of nitrogens with two attached hydrogens (primary N) is 1. The fourth-order valence-corrected chi connectivity index (χ4v) is 6.78.